The molecule has 0 unspecified atom stereocenters. The Hall–Kier alpha value is -2.58. The molecule has 0 saturated carbocycles. The largest absolute Gasteiger partial charge is 0.481 e. The van der Waals surface area contributed by atoms with E-state index < -0.39 is 24.8 Å². The van der Waals surface area contributed by atoms with Gasteiger partial charge in [0.25, 0.3) is 0 Å². The predicted molar refractivity (Wildman–Crippen MR) is 146 cm³/mol. The van der Waals surface area contributed by atoms with Crippen LogP contribution in [0.5, 0.6) is 5.88 Å². The number of ether oxygens (including phenoxy) is 1. The highest BCUT2D eigenvalue weighted by atomic mass is 31.2. The summed E-state index contributed by atoms with van der Waals surface area (Å²) >= 11 is 0. The van der Waals surface area contributed by atoms with E-state index in [0.29, 0.717) is 23.9 Å². The van der Waals surface area contributed by atoms with Crippen molar-refractivity contribution in [2.24, 2.45) is 10.5 Å². The standard InChI is InChI=1S/C16H21N3O.C8H11F2NO2P.C2H6/c1-6-11(4)15-12-7-8-14(20-5)19-16(12)17-9-13(15)18-10(2)3;1-2-5-3-7(10)8(4-6(5)9)14(11,12)13;1-2/h7-9,11H,6H2,1-5H3;3-4,12-13H,2,11H2,1H3;1-2H3/q;+1;/t11-;;/m1../s1. The molecule has 2 heterocycles. The monoisotopic (exact) mass is 523 g/mol. The average Bonchev–Trinajstić information content (AvgIpc) is 2.84. The van der Waals surface area contributed by atoms with Gasteiger partial charge in [0.2, 0.25) is 11.2 Å². The minimum absolute atomic E-state index is 0.180. The zero-order chi connectivity index (χ0) is 27.6. The highest BCUT2D eigenvalue weighted by molar-refractivity contribution is 7.70. The second kappa shape index (κ2) is 14.2. The molecule has 0 fully saturated rings. The molecule has 198 valence electrons. The number of hydrogen-bond acceptors (Lipinski definition) is 7. The van der Waals surface area contributed by atoms with Crippen LogP contribution in [0.4, 0.5) is 14.5 Å². The molecule has 1 atom stereocenters. The summed E-state index contributed by atoms with van der Waals surface area (Å²) in [6.45, 7) is 14.1. The summed E-state index contributed by atoms with van der Waals surface area (Å²) in [4.78, 5) is 31.4. The lowest BCUT2D eigenvalue weighted by molar-refractivity contribution is 0.399. The van der Waals surface area contributed by atoms with E-state index in [-0.39, 0.29) is 5.56 Å². The van der Waals surface area contributed by atoms with Crippen molar-refractivity contribution in [3.8, 4) is 5.88 Å². The number of nitrogens with two attached hydrogens (primary N) is 1. The van der Waals surface area contributed by atoms with Crippen molar-refractivity contribution in [2.75, 3.05) is 7.11 Å². The molecule has 1 aromatic carbocycles. The van der Waals surface area contributed by atoms with E-state index in [1.807, 2.05) is 46.0 Å². The maximum Gasteiger partial charge on any atom is 0.376 e. The van der Waals surface area contributed by atoms with Crippen LogP contribution in [-0.2, 0) is 6.42 Å². The summed E-state index contributed by atoms with van der Waals surface area (Å²) < 4.78 is 31.5. The number of rotatable bonds is 6. The molecule has 0 spiro atoms. The maximum atomic E-state index is 13.2. The molecule has 4 N–H and O–H groups in total. The fraction of sp³-hybridized carbons (Fsp3) is 0.423. The molecule has 0 aliphatic heterocycles. The summed E-state index contributed by atoms with van der Waals surface area (Å²) in [5.74, 6) is -0.567. The first-order chi connectivity index (χ1) is 16.9. The normalized spacial score (nSPS) is 11.6. The van der Waals surface area contributed by atoms with Crippen molar-refractivity contribution in [1.82, 2.24) is 9.97 Å². The first-order valence-corrected chi connectivity index (χ1v) is 13.7. The lowest BCUT2D eigenvalue weighted by Gasteiger charge is -2.15. The minimum Gasteiger partial charge on any atom is -0.481 e. The molecular weight excluding hydrogens is 485 g/mol. The van der Waals surface area contributed by atoms with Gasteiger partial charge in [-0.15, -0.1) is 0 Å². The third-order valence-corrected chi connectivity index (χ3v) is 6.29. The Morgan fingerprint density at radius 1 is 1.14 bits per heavy atom. The maximum absolute atomic E-state index is 13.2. The number of aryl methyl sites for hydroxylation is 1. The topological polar surface area (TPSA) is 114 Å². The molecule has 0 amide bonds. The number of benzene rings is 1. The lowest BCUT2D eigenvalue weighted by Crippen LogP contribution is -2.22. The van der Waals surface area contributed by atoms with E-state index >= 15 is 0 Å². The number of halogens is 2. The van der Waals surface area contributed by atoms with Gasteiger partial charge in [-0.05, 0) is 55.9 Å². The Morgan fingerprint density at radius 3 is 2.28 bits per heavy atom. The van der Waals surface area contributed by atoms with Gasteiger partial charge in [-0.3, -0.25) is 4.99 Å². The van der Waals surface area contributed by atoms with Crippen molar-refractivity contribution in [3.63, 3.8) is 0 Å². The third-order valence-electron chi connectivity index (χ3n) is 5.23. The van der Waals surface area contributed by atoms with Crippen LogP contribution in [0.3, 0.4) is 0 Å². The van der Waals surface area contributed by atoms with Crippen molar-refractivity contribution < 1.29 is 23.3 Å². The fourth-order valence-corrected chi connectivity index (χ4v) is 4.02. The Kier molecular flexibility index (Phi) is 12.4. The third kappa shape index (κ3) is 8.23. The molecule has 3 rings (SSSR count). The van der Waals surface area contributed by atoms with Gasteiger partial charge < -0.3 is 4.74 Å². The van der Waals surface area contributed by atoms with Gasteiger partial charge in [-0.25, -0.2) is 13.8 Å². The van der Waals surface area contributed by atoms with E-state index in [2.05, 4.69) is 28.8 Å². The van der Waals surface area contributed by atoms with Crippen LogP contribution >= 0.6 is 7.87 Å². The summed E-state index contributed by atoms with van der Waals surface area (Å²) in [7, 11) is -2.36. The highest BCUT2D eigenvalue weighted by Gasteiger charge is 2.36. The first-order valence-electron chi connectivity index (χ1n) is 11.9. The number of aromatic nitrogens is 2. The van der Waals surface area contributed by atoms with E-state index in [1.54, 1.807) is 14.0 Å². The molecule has 0 aliphatic carbocycles. The van der Waals surface area contributed by atoms with Crippen LogP contribution in [0.25, 0.3) is 11.0 Å². The molecule has 36 heavy (non-hydrogen) atoms. The van der Waals surface area contributed by atoms with Crippen molar-refractivity contribution >= 4 is 35.6 Å². The van der Waals surface area contributed by atoms with E-state index in [0.717, 1.165) is 35.3 Å². The SMILES string of the molecule is CC.CC[C@@H](C)c1c(N=C(C)C)cnc2nc(OC)ccc12.CCc1cc(F)c([P+](N)(O)O)cc1F. The molecule has 0 bridgehead atoms. The summed E-state index contributed by atoms with van der Waals surface area (Å²) in [6.07, 6.45) is 3.19. The van der Waals surface area contributed by atoms with E-state index in [9.17, 15) is 8.78 Å². The molecule has 7 nitrogen and oxygen atoms in total. The number of pyridine rings is 2. The molecule has 0 aliphatic rings. The molecule has 0 radical (unpaired) electrons. The van der Waals surface area contributed by atoms with Crippen LogP contribution in [0.2, 0.25) is 0 Å². The number of hydrogen-bond donors (Lipinski definition) is 3. The van der Waals surface area contributed by atoms with Crippen molar-refractivity contribution in [2.45, 2.75) is 67.2 Å². The van der Waals surface area contributed by atoms with E-state index in [1.165, 1.54) is 5.56 Å². The molecule has 0 saturated heterocycles. The Bertz CT molecular complexity index is 1180. The van der Waals surface area contributed by atoms with Gasteiger partial charge in [0, 0.05) is 23.2 Å². The first kappa shape index (κ1) is 31.4. The van der Waals surface area contributed by atoms with Crippen LogP contribution in [-0.4, -0.2) is 32.6 Å². The van der Waals surface area contributed by atoms with Gasteiger partial charge in [-0.1, -0.05) is 34.6 Å². The summed E-state index contributed by atoms with van der Waals surface area (Å²) in [5.41, 5.74) is 9.01. The molecule has 3 aromatic rings. The van der Waals surface area contributed by atoms with Gasteiger partial charge in [-0.2, -0.15) is 20.3 Å². The fourth-order valence-electron chi connectivity index (χ4n) is 3.34. The number of methoxy groups -OCH3 is 1. The number of nitrogens with zero attached hydrogens (tertiary/aromatic N) is 3. The molecule has 10 heteroatoms. The Balaban J connectivity index is 0.000000356. The summed E-state index contributed by atoms with van der Waals surface area (Å²) in [5, 5.41) is 0.495. The zero-order valence-corrected chi connectivity index (χ0v) is 23.2. The van der Waals surface area contributed by atoms with Crippen LogP contribution in [0.1, 0.15) is 71.9 Å². The Labute approximate surface area is 213 Å². The van der Waals surface area contributed by atoms with Crippen LogP contribution in [0.15, 0.2) is 35.5 Å². The van der Waals surface area contributed by atoms with Crippen molar-refractivity contribution in [3.05, 3.63) is 53.2 Å². The summed E-state index contributed by atoms with van der Waals surface area (Å²) in [6, 6.07) is 5.57. The zero-order valence-electron chi connectivity index (χ0n) is 22.3. The number of fused-ring (bicyclic) bond motifs is 1. The van der Waals surface area contributed by atoms with Crippen LogP contribution in [0, 0.1) is 11.6 Å². The Morgan fingerprint density at radius 2 is 1.78 bits per heavy atom. The van der Waals surface area contributed by atoms with Gasteiger partial charge in [0.05, 0.1) is 19.0 Å². The lowest BCUT2D eigenvalue weighted by atomic mass is 9.94. The van der Waals surface area contributed by atoms with Crippen molar-refractivity contribution in [1.29, 1.82) is 0 Å². The molecule has 2 aromatic heterocycles. The van der Waals surface area contributed by atoms with Gasteiger partial charge >= 0.3 is 7.87 Å². The smallest absolute Gasteiger partial charge is 0.376 e. The van der Waals surface area contributed by atoms with Crippen LogP contribution < -0.4 is 15.5 Å². The second-order valence-corrected chi connectivity index (χ2v) is 9.83. The minimum atomic E-state index is -3.98. The average molecular weight is 524 g/mol. The molecular formula is C26H38F2N4O3P+. The highest BCUT2D eigenvalue weighted by Crippen LogP contribution is 2.40. The predicted octanol–water partition coefficient (Wildman–Crippen LogP) is 6.15. The second-order valence-electron chi connectivity index (χ2n) is 8.05. The van der Waals surface area contributed by atoms with Gasteiger partial charge in [0.15, 0.2) is 11.5 Å². The van der Waals surface area contributed by atoms with E-state index in [4.69, 9.17) is 20.0 Å². The van der Waals surface area contributed by atoms with Gasteiger partial charge in [0.1, 0.15) is 5.82 Å². The number of aliphatic imine (C=N–C) groups is 1. The quantitative estimate of drug-likeness (QED) is 0.264.